The van der Waals surface area contributed by atoms with Crippen molar-refractivity contribution in [3.63, 3.8) is 0 Å². The van der Waals surface area contributed by atoms with Gasteiger partial charge in [0.2, 0.25) is 0 Å². The summed E-state index contributed by atoms with van der Waals surface area (Å²) in [6.07, 6.45) is 0. The molecule has 2 aromatic heterocycles. The van der Waals surface area contributed by atoms with Gasteiger partial charge in [-0.15, -0.1) is 22.7 Å². The molecule has 616 valence electrons. The molecule has 20 aromatic carbocycles. The number of hydrogen-bond donors (Lipinski definition) is 1. The van der Waals surface area contributed by atoms with Crippen LogP contribution in [0.2, 0.25) is 0 Å². The van der Waals surface area contributed by atoms with E-state index >= 15 is 0 Å². The molecule has 9 heteroatoms. The monoisotopic (exact) mass is 1750 g/mol. The summed E-state index contributed by atoms with van der Waals surface area (Å²) in [4.78, 5) is 11.6. The molecule has 0 saturated carbocycles. The third-order valence-corrected chi connectivity index (χ3v) is 25.9. The van der Waals surface area contributed by atoms with E-state index in [4.69, 9.17) is 0 Å². The van der Waals surface area contributed by atoms with Crippen molar-refractivity contribution in [3.8, 4) is 44.5 Å². The summed E-state index contributed by atoms with van der Waals surface area (Å²) in [5.41, 5.74) is 28.5. The molecule has 0 amide bonds. The van der Waals surface area contributed by atoms with Gasteiger partial charge >= 0.3 is 0 Å². The molecule has 0 unspecified atom stereocenters. The van der Waals surface area contributed by atoms with Crippen LogP contribution in [0.1, 0.15) is 0 Å². The van der Waals surface area contributed by atoms with Crippen molar-refractivity contribution in [2.45, 2.75) is 0 Å². The molecule has 129 heavy (non-hydrogen) atoms. The van der Waals surface area contributed by atoms with Crippen molar-refractivity contribution in [1.82, 2.24) is 0 Å². The van der Waals surface area contributed by atoms with Crippen LogP contribution in [0.5, 0.6) is 0 Å². The third kappa shape index (κ3) is 18.4. The Morgan fingerprint density at radius 3 is 0.760 bits per heavy atom. The lowest BCUT2D eigenvalue weighted by atomic mass is 10.0. The fourth-order valence-electron chi connectivity index (χ4n) is 17.0. The zero-order valence-corrected chi connectivity index (χ0v) is 73.8. The number of para-hydroxylation sites is 8. The van der Waals surface area contributed by atoms with Crippen LogP contribution in [0.25, 0.3) is 84.9 Å². The molecule has 0 saturated heterocycles. The quantitative estimate of drug-likeness (QED) is 0.0771. The number of benzene rings is 20. The van der Waals surface area contributed by atoms with Crippen LogP contribution in [-0.4, -0.2) is 0 Å². The first-order chi connectivity index (χ1) is 63.9. The van der Waals surface area contributed by atoms with E-state index in [2.05, 4.69) is 549 Å². The van der Waals surface area contributed by atoms with E-state index in [9.17, 15) is 0 Å². The number of anilines is 17. The second-order valence-electron chi connectivity index (χ2n) is 31.5. The molecule has 1 N–H and O–H groups in total. The van der Waals surface area contributed by atoms with Crippen LogP contribution in [0.3, 0.4) is 0 Å². The zero-order chi connectivity index (χ0) is 86.4. The first-order valence-corrected chi connectivity index (χ1v) is 45.8. The molecule has 2 heterocycles. The van der Waals surface area contributed by atoms with E-state index in [0.29, 0.717) is 0 Å². The molecular weight excluding hydrogens is 1670 g/mol. The summed E-state index contributed by atoms with van der Waals surface area (Å²) in [6, 6.07) is 185. The van der Waals surface area contributed by atoms with E-state index in [0.717, 1.165) is 101 Å². The summed E-state index contributed by atoms with van der Waals surface area (Å²) in [5.74, 6) is 0. The molecule has 0 radical (unpaired) electrons. The number of nitrogens with zero attached hydrogens (tertiary/aromatic N) is 5. The summed E-state index contributed by atoms with van der Waals surface area (Å²) in [5, 5.41) is 8.70. The molecule has 0 atom stereocenters. The zero-order valence-electron chi connectivity index (χ0n) is 70.6. The topological polar surface area (TPSA) is 28.2 Å². The summed E-state index contributed by atoms with van der Waals surface area (Å²) < 4.78 is 6.16. The SMILES string of the molecule is Brc1cccc(N(c2ccccc2)c2ccccc2)c1.c1ccc(-c2ccc(N(c3cccc(N(c4ccccc4)c4ccccc4)c3)c3ccc4c(c3)sc3ccc(-c5cccc(N(c6ccccc6)c6ccccc6)c5)cc34)cc2)cc1.c1ccc(-c2ccc(Nc3ccc4c(c3)sc3ccc(-c5cccc(N(c6ccccc6)c6ccccc6)c5)cc34)cc2)cc1. The largest absolute Gasteiger partial charge is 0.355 e. The Bertz CT molecular complexity index is 7350. The fourth-order valence-corrected chi connectivity index (χ4v) is 19.6. The number of halogens is 1. The predicted molar refractivity (Wildman–Crippen MR) is 558 cm³/mol. The van der Waals surface area contributed by atoms with E-state index in [1.165, 1.54) is 84.9 Å². The molecule has 0 aliphatic heterocycles. The molecular formula is C120H87BrN6S2. The van der Waals surface area contributed by atoms with Crippen LogP contribution >= 0.6 is 38.6 Å². The normalized spacial score (nSPS) is 11.0. The summed E-state index contributed by atoms with van der Waals surface area (Å²) >= 11 is 7.24. The van der Waals surface area contributed by atoms with Gasteiger partial charge in [-0.05, 0) is 275 Å². The molecule has 22 aromatic rings. The second-order valence-corrected chi connectivity index (χ2v) is 34.5. The van der Waals surface area contributed by atoms with Gasteiger partial charge in [0.1, 0.15) is 0 Å². The van der Waals surface area contributed by atoms with Crippen molar-refractivity contribution in [2.24, 2.45) is 0 Å². The van der Waals surface area contributed by atoms with Gasteiger partial charge in [0.05, 0.1) is 0 Å². The summed E-state index contributed by atoms with van der Waals surface area (Å²) in [7, 11) is 0. The van der Waals surface area contributed by atoms with Gasteiger partial charge in [0.15, 0.2) is 0 Å². The van der Waals surface area contributed by atoms with E-state index in [1.807, 2.05) is 40.9 Å². The maximum Gasteiger partial charge on any atom is 0.0482 e. The van der Waals surface area contributed by atoms with E-state index < -0.39 is 0 Å². The molecule has 6 nitrogen and oxygen atoms in total. The molecule has 0 bridgehead atoms. The van der Waals surface area contributed by atoms with E-state index in [1.54, 1.807) is 0 Å². The Morgan fingerprint density at radius 1 is 0.147 bits per heavy atom. The maximum absolute atomic E-state index is 3.60. The minimum atomic E-state index is 1.07. The first-order valence-electron chi connectivity index (χ1n) is 43.3. The average Bonchev–Trinajstić information content (AvgIpc) is 1.56. The molecule has 22 rings (SSSR count). The highest BCUT2D eigenvalue weighted by molar-refractivity contribution is 9.10. The van der Waals surface area contributed by atoms with Crippen molar-refractivity contribution < 1.29 is 0 Å². The lowest BCUT2D eigenvalue weighted by molar-refractivity contribution is 1.25. The maximum atomic E-state index is 3.60. The molecule has 0 fully saturated rings. The van der Waals surface area contributed by atoms with Gasteiger partial charge in [-0.2, -0.15) is 0 Å². The average molecular weight is 1760 g/mol. The van der Waals surface area contributed by atoms with Gasteiger partial charge < -0.3 is 29.8 Å². The number of thiophene rings is 2. The van der Waals surface area contributed by atoms with Crippen LogP contribution in [0.4, 0.5) is 96.7 Å². The van der Waals surface area contributed by atoms with Gasteiger partial charge in [-0.3, -0.25) is 0 Å². The molecule has 0 spiro atoms. The minimum absolute atomic E-state index is 1.07. The number of rotatable bonds is 21. The van der Waals surface area contributed by atoms with Crippen molar-refractivity contribution in [3.05, 3.63) is 526 Å². The highest BCUT2D eigenvalue weighted by Gasteiger charge is 2.22. The van der Waals surface area contributed by atoms with E-state index in [-0.39, 0.29) is 0 Å². The Balaban J connectivity index is 0.000000138. The van der Waals surface area contributed by atoms with Gasteiger partial charge in [-0.1, -0.05) is 307 Å². The third-order valence-electron chi connectivity index (χ3n) is 23.1. The van der Waals surface area contributed by atoms with Crippen molar-refractivity contribution in [1.29, 1.82) is 0 Å². The van der Waals surface area contributed by atoms with Crippen LogP contribution in [-0.2, 0) is 0 Å². The van der Waals surface area contributed by atoms with Crippen molar-refractivity contribution >= 4 is 176 Å². The van der Waals surface area contributed by atoms with Gasteiger partial charge in [0, 0.05) is 142 Å². The minimum Gasteiger partial charge on any atom is -0.355 e. The summed E-state index contributed by atoms with van der Waals surface area (Å²) in [6.45, 7) is 0. The Morgan fingerprint density at radius 2 is 0.388 bits per heavy atom. The smallest absolute Gasteiger partial charge is 0.0482 e. The Hall–Kier alpha value is -15.9. The predicted octanol–water partition coefficient (Wildman–Crippen LogP) is 36.3. The highest BCUT2D eigenvalue weighted by atomic mass is 79.9. The molecule has 0 aliphatic carbocycles. The lowest BCUT2D eigenvalue weighted by Gasteiger charge is -2.29. The van der Waals surface area contributed by atoms with Crippen LogP contribution in [0.15, 0.2) is 526 Å². The van der Waals surface area contributed by atoms with Crippen LogP contribution in [0, 0.1) is 0 Å². The second kappa shape index (κ2) is 38.3. The Labute approximate surface area is 770 Å². The molecule has 0 aliphatic rings. The Kier molecular flexibility index (Phi) is 24.2. The van der Waals surface area contributed by atoms with Gasteiger partial charge in [-0.25, -0.2) is 0 Å². The number of hydrogen-bond acceptors (Lipinski definition) is 8. The number of fused-ring (bicyclic) bond motifs is 6. The lowest BCUT2D eigenvalue weighted by Crippen LogP contribution is -2.13. The highest BCUT2D eigenvalue weighted by Crippen LogP contribution is 2.48. The first kappa shape index (κ1) is 81.5. The van der Waals surface area contributed by atoms with Crippen LogP contribution < -0.4 is 29.8 Å². The standard InChI is InChI=1S/C60H43N3S.C42H30N2S.C18H14BrN/c1-6-18-44(19-7-1)45-32-35-52(36-33-45)63(55-31-17-30-54(42-55)62(50-25-12-4-13-26-50)51-27-14-5-15-28-51)56-37-38-57-58-41-47(34-39-59(58)64-60(57)43-56)46-20-16-29-53(40-46)61(48-21-8-2-9-22-48)49-23-10-3-11-24-49;1-4-11-30(12-5-1)31-19-22-34(23-20-31)43-35-24-25-39-40-28-33(21-26-41(40)45-42(39)29-35)32-13-10-18-38(27-32)44(36-14-6-2-7-15-36)37-16-8-3-9-17-37;19-15-8-7-13-18(14-15)20(16-9-3-1-4-10-16)17-11-5-2-6-12-17/h1-43H;1-29,43H;1-14H. The number of nitrogens with one attached hydrogen (secondary N) is 1. The van der Waals surface area contributed by atoms with Crippen molar-refractivity contribution in [2.75, 3.05) is 29.8 Å². The van der Waals surface area contributed by atoms with Gasteiger partial charge in [0.25, 0.3) is 0 Å². The fraction of sp³-hybridized carbons (Fsp3) is 0.